The molecule has 0 aliphatic heterocycles. The molecule has 0 bridgehead atoms. The minimum Gasteiger partial charge on any atom is -0.457 e. The van der Waals surface area contributed by atoms with Crippen molar-refractivity contribution in [2.75, 3.05) is 14.1 Å². The summed E-state index contributed by atoms with van der Waals surface area (Å²) in [6.45, 7) is 0. The third-order valence-electron chi connectivity index (χ3n) is 4.83. The number of fused-ring (bicyclic) bond motifs is 1. The normalized spacial score (nSPS) is 19.3. The SMILES string of the molecule is CN(C)[C@@H]1CC[C@H]1OC(=O)c1ccc2nc(-c3cc(Cl)cc(Cl)c3)oc2c1. The summed E-state index contributed by atoms with van der Waals surface area (Å²) in [4.78, 5) is 19.0. The molecule has 4 rings (SSSR count). The minimum absolute atomic E-state index is 0.0675. The van der Waals surface area contributed by atoms with Crippen LogP contribution >= 0.6 is 23.2 Å². The fraction of sp³-hybridized carbons (Fsp3) is 0.300. The molecule has 1 aromatic heterocycles. The fourth-order valence-electron chi connectivity index (χ4n) is 3.24. The van der Waals surface area contributed by atoms with E-state index in [2.05, 4.69) is 9.88 Å². The molecule has 1 heterocycles. The number of halogens is 2. The number of hydrogen-bond donors (Lipinski definition) is 0. The van der Waals surface area contributed by atoms with Crippen LogP contribution in [0, 0.1) is 0 Å². The van der Waals surface area contributed by atoms with Crippen molar-refractivity contribution in [2.45, 2.75) is 25.0 Å². The number of rotatable bonds is 4. The molecule has 140 valence electrons. The van der Waals surface area contributed by atoms with Crippen LogP contribution in [0.2, 0.25) is 10.0 Å². The first-order valence-corrected chi connectivity index (χ1v) is 9.41. The van der Waals surface area contributed by atoms with Crippen LogP contribution in [-0.2, 0) is 4.74 Å². The predicted octanol–water partition coefficient (Wildman–Crippen LogP) is 5.05. The highest BCUT2D eigenvalue weighted by molar-refractivity contribution is 6.35. The van der Waals surface area contributed by atoms with Crippen LogP contribution in [0.15, 0.2) is 40.8 Å². The van der Waals surface area contributed by atoms with Gasteiger partial charge in [0.2, 0.25) is 5.89 Å². The minimum atomic E-state index is -0.350. The summed E-state index contributed by atoms with van der Waals surface area (Å²) in [7, 11) is 3.99. The van der Waals surface area contributed by atoms with Crippen molar-refractivity contribution in [3.8, 4) is 11.5 Å². The number of ether oxygens (including phenoxy) is 1. The number of likely N-dealkylation sites (N-methyl/N-ethyl adjacent to an activating group) is 1. The van der Waals surface area contributed by atoms with Crippen molar-refractivity contribution >= 4 is 40.3 Å². The maximum Gasteiger partial charge on any atom is 0.338 e. The number of carbonyl (C=O) groups excluding carboxylic acids is 1. The Morgan fingerprint density at radius 3 is 2.52 bits per heavy atom. The number of aromatic nitrogens is 1. The van der Waals surface area contributed by atoms with Gasteiger partial charge in [0.1, 0.15) is 11.6 Å². The van der Waals surface area contributed by atoms with E-state index < -0.39 is 0 Å². The first kappa shape index (κ1) is 18.3. The van der Waals surface area contributed by atoms with E-state index in [0.717, 1.165) is 12.8 Å². The van der Waals surface area contributed by atoms with Crippen molar-refractivity contribution in [1.29, 1.82) is 0 Å². The van der Waals surface area contributed by atoms with Crippen molar-refractivity contribution in [3.05, 3.63) is 52.0 Å². The van der Waals surface area contributed by atoms with Gasteiger partial charge in [0.05, 0.1) is 5.56 Å². The maximum absolute atomic E-state index is 12.5. The number of benzene rings is 2. The van der Waals surface area contributed by atoms with E-state index in [1.54, 1.807) is 36.4 Å². The van der Waals surface area contributed by atoms with Crippen LogP contribution in [0.5, 0.6) is 0 Å². The molecule has 3 aromatic rings. The Bertz CT molecular complexity index is 995. The zero-order valence-corrected chi connectivity index (χ0v) is 16.4. The topological polar surface area (TPSA) is 55.6 Å². The molecule has 0 radical (unpaired) electrons. The lowest BCUT2D eigenvalue weighted by atomic mass is 9.88. The molecule has 1 fully saturated rings. The molecule has 0 saturated heterocycles. The number of hydrogen-bond acceptors (Lipinski definition) is 5. The van der Waals surface area contributed by atoms with Crippen molar-refractivity contribution in [2.24, 2.45) is 0 Å². The highest BCUT2D eigenvalue weighted by Crippen LogP contribution is 2.31. The second-order valence-corrected chi connectivity index (χ2v) is 7.78. The average molecular weight is 405 g/mol. The van der Waals surface area contributed by atoms with Gasteiger partial charge in [-0.1, -0.05) is 23.2 Å². The Balaban J connectivity index is 1.58. The van der Waals surface area contributed by atoms with Crippen LogP contribution in [0.25, 0.3) is 22.6 Å². The Hall–Kier alpha value is -2.08. The van der Waals surface area contributed by atoms with Crippen molar-refractivity contribution in [3.63, 3.8) is 0 Å². The summed E-state index contributed by atoms with van der Waals surface area (Å²) in [5.41, 5.74) is 2.27. The van der Waals surface area contributed by atoms with Gasteiger partial charge in [-0.05, 0) is 63.3 Å². The van der Waals surface area contributed by atoms with Crippen LogP contribution in [-0.4, -0.2) is 42.1 Å². The summed E-state index contributed by atoms with van der Waals surface area (Å²) in [6.07, 6.45) is 1.86. The number of carbonyl (C=O) groups is 1. The van der Waals surface area contributed by atoms with Crippen LogP contribution in [0.3, 0.4) is 0 Å². The molecular weight excluding hydrogens is 387 g/mol. The molecular formula is C20H18Cl2N2O3. The average Bonchev–Trinajstić information content (AvgIpc) is 3.00. The molecule has 2 atom stereocenters. The fourth-order valence-corrected chi connectivity index (χ4v) is 3.76. The predicted molar refractivity (Wildman–Crippen MR) is 105 cm³/mol. The largest absolute Gasteiger partial charge is 0.457 e. The van der Waals surface area contributed by atoms with Gasteiger partial charge in [-0.25, -0.2) is 9.78 Å². The third-order valence-corrected chi connectivity index (χ3v) is 5.27. The summed E-state index contributed by atoms with van der Waals surface area (Å²) < 4.78 is 11.5. The highest BCUT2D eigenvalue weighted by atomic mass is 35.5. The van der Waals surface area contributed by atoms with E-state index in [1.807, 2.05) is 14.1 Å². The lowest BCUT2D eigenvalue weighted by Gasteiger charge is -2.40. The summed E-state index contributed by atoms with van der Waals surface area (Å²) >= 11 is 12.1. The summed E-state index contributed by atoms with van der Waals surface area (Å²) in [5, 5.41) is 1.000. The highest BCUT2D eigenvalue weighted by Gasteiger charge is 2.35. The summed E-state index contributed by atoms with van der Waals surface area (Å²) in [5.74, 6) is 0.0452. The molecule has 0 N–H and O–H groups in total. The van der Waals surface area contributed by atoms with Gasteiger partial charge in [0, 0.05) is 21.7 Å². The van der Waals surface area contributed by atoms with Crippen molar-refractivity contribution in [1.82, 2.24) is 9.88 Å². The lowest BCUT2D eigenvalue weighted by molar-refractivity contribution is -0.0328. The first-order chi connectivity index (χ1) is 12.9. The maximum atomic E-state index is 12.5. The van der Waals surface area contributed by atoms with Crippen LogP contribution in [0.1, 0.15) is 23.2 Å². The second-order valence-electron chi connectivity index (χ2n) is 6.91. The smallest absolute Gasteiger partial charge is 0.338 e. The van der Waals surface area contributed by atoms with Gasteiger partial charge in [-0.15, -0.1) is 0 Å². The molecule has 1 aliphatic carbocycles. The number of nitrogens with zero attached hydrogens (tertiary/aromatic N) is 2. The Morgan fingerprint density at radius 1 is 1.15 bits per heavy atom. The molecule has 2 aromatic carbocycles. The van der Waals surface area contributed by atoms with E-state index in [9.17, 15) is 4.79 Å². The molecule has 0 unspecified atom stereocenters. The molecule has 0 spiro atoms. The molecule has 5 nitrogen and oxygen atoms in total. The van der Waals surface area contributed by atoms with Gasteiger partial charge in [0.25, 0.3) is 0 Å². The van der Waals surface area contributed by atoms with E-state index in [1.165, 1.54) is 0 Å². The zero-order valence-electron chi connectivity index (χ0n) is 14.9. The van der Waals surface area contributed by atoms with Gasteiger partial charge >= 0.3 is 5.97 Å². The Morgan fingerprint density at radius 2 is 1.89 bits per heavy atom. The summed E-state index contributed by atoms with van der Waals surface area (Å²) in [6, 6.07) is 10.5. The van der Waals surface area contributed by atoms with Gasteiger partial charge in [-0.2, -0.15) is 0 Å². The quantitative estimate of drug-likeness (QED) is 0.569. The van der Waals surface area contributed by atoms with Crippen LogP contribution < -0.4 is 0 Å². The van der Waals surface area contributed by atoms with E-state index >= 15 is 0 Å². The monoisotopic (exact) mass is 404 g/mol. The van der Waals surface area contributed by atoms with Crippen LogP contribution in [0.4, 0.5) is 0 Å². The second kappa shape index (κ2) is 7.15. The zero-order chi connectivity index (χ0) is 19.1. The molecule has 1 aliphatic rings. The van der Waals surface area contributed by atoms with E-state index in [0.29, 0.717) is 38.2 Å². The standard InChI is InChI=1S/C20H18Cl2N2O3/c1-24(2)16-5-6-17(16)27-20(25)11-3-4-15-18(9-11)26-19(23-15)12-7-13(21)10-14(22)8-12/h3-4,7-10,16-17H,5-6H2,1-2H3/t16-,17-/m1/s1. The van der Waals surface area contributed by atoms with E-state index in [-0.39, 0.29) is 18.1 Å². The van der Waals surface area contributed by atoms with Gasteiger partial charge < -0.3 is 14.1 Å². The first-order valence-electron chi connectivity index (χ1n) is 8.65. The lowest BCUT2D eigenvalue weighted by Crippen LogP contribution is -2.49. The van der Waals surface area contributed by atoms with Gasteiger partial charge in [0.15, 0.2) is 5.58 Å². The molecule has 1 saturated carbocycles. The van der Waals surface area contributed by atoms with E-state index in [4.69, 9.17) is 32.4 Å². The Kier molecular flexibility index (Phi) is 4.84. The number of oxazole rings is 1. The molecule has 0 amide bonds. The third kappa shape index (κ3) is 3.68. The molecule has 27 heavy (non-hydrogen) atoms. The Labute approximate surface area is 166 Å². The van der Waals surface area contributed by atoms with Crippen molar-refractivity contribution < 1.29 is 13.9 Å². The number of esters is 1. The van der Waals surface area contributed by atoms with Gasteiger partial charge in [-0.3, -0.25) is 0 Å². The molecule has 7 heteroatoms.